The van der Waals surface area contributed by atoms with Gasteiger partial charge in [-0.05, 0) is 37.5 Å². The van der Waals surface area contributed by atoms with Crippen molar-refractivity contribution in [2.45, 2.75) is 44.0 Å². The maximum atomic E-state index is 14.0. The molecule has 31 heavy (non-hydrogen) atoms. The average molecular weight is 451 g/mol. The van der Waals surface area contributed by atoms with Crippen molar-refractivity contribution in [1.29, 1.82) is 0 Å². The Balaban J connectivity index is 1.44. The summed E-state index contributed by atoms with van der Waals surface area (Å²) in [4.78, 5) is 13.3. The minimum Gasteiger partial charge on any atom is -0.493 e. The molecule has 0 bridgehead atoms. The Morgan fingerprint density at radius 3 is 2.42 bits per heavy atom. The third-order valence-electron chi connectivity index (χ3n) is 5.56. The molecule has 2 aromatic rings. The second kappa shape index (κ2) is 10.4. The first-order valence-electron chi connectivity index (χ1n) is 10.7. The number of ether oxygens (including phenoxy) is 1. The number of nitrogens with zero attached hydrogens (tertiary/aromatic N) is 4. The lowest BCUT2D eigenvalue weighted by Gasteiger charge is -2.38. The summed E-state index contributed by atoms with van der Waals surface area (Å²) in [7, 11) is -3.58. The predicted molar refractivity (Wildman–Crippen MR) is 119 cm³/mol. The summed E-state index contributed by atoms with van der Waals surface area (Å²) in [6.45, 7) is 8.31. The molecule has 0 saturated carbocycles. The molecular weight excluding hydrogens is 419 g/mol. The summed E-state index contributed by atoms with van der Waals surface area (Å²) >= 11 is 0. The molecule has 0 N–H and O–H groups in total. The SMILES string of the molecule is CCCc1cnc(N2CCN(C(C)CCOc3ccc(S(C)(=O)=O)c(F)c3)CC2)nc1. The van der Waals surface area contributed by atoms with Crippen LogP contribution in [-0.4, -0.2) is 68.4 Å². The fourth-order valence-electron chi connectivity index (χ4n) is 3.69. The minimum atomic E-state index is -3.58. The van der Waals surface area contributed by atoms with Crippen molar-refractivity contribution in [2.24, 2.45) is 0 Å². The first kappa shape index (κ1) is 23.4. The van der Waals surface area contributed by atoms with Crippen molar-refractivity contribution in [3.05, 3.63) is 42.0 Å². The zero-order valence-electron chi connectivity index (χ0n) is 18.4. The maximum Gasteiger partial charge on any atom is 0.225 e. The number of aryl methyl sites for hydroxylation is 1. The Hall–Kier alpha value is -2.26. The Labute approximate surface area is 184 Å². The first-order chi connectivity index (χ1) is 14.8. The van der Waals surface area contributed by atoms with Gasteiger partial charge in [-0.15, -0.1) is 0 Å². The van der Waals surface area contributed by atoms with E-state index >= 15 is 0 Å². The molecule has 9 heteroatoms. The van der Waals surface area contributed by atoms with Crippen LogP contribution in [0.5, 0.6) is 5.75 Å². The van der Waals surface area contributed by atoms with Crippen molar-refractivity contribution >= 4 is 15.8 Å². The molecule has 1 aromatic heterocycles. The third-order valence-corrected chi connectivity index (χ3v) is 6.69. The van der Waals surface area contributed by atoms with Gasteiger partial charge in [-0.3, -0.25) is 4.90 Å². The number of sulfone groups is 1. The van der Waals surface area contributed by atoms with Gasteiger partial charge >= 0.3 is 0 Å². The number of hydrogen-bond acceptors (Lipinski definition) is 7. The topological polar surface area (TPSA) is 75.6 Å². The van der Waals surface area contributed by atoms with E-state index in [4.69, 9.17) is 4.74 Å². The highest BCUT2D eigenvalue weighted by atomic mass is 32.2. The fraction of sp³-hybridized carbons (Fsp3) is 0.545. The monoisotopic (exact) mass is 450 g/mol. The summed E-state index contributed by atoms with van der Waals surface area (Å²) < 4.78 is 42.6. The van der Waals surface area contributed by atoms with Crippen LogP contribution in [0.2, 0.25) is 0 Å². The number of anilines is 1. The molecule has 1 saturated heterocycles. The van der Waals surface area contributed by atoms with Gasteiger partial charge in [-0.25, -0.2) is 22.8 Å². The van der Waals surface area contributed by atoms with Crippen LogP contribution in [0.4, 0.5) is 10.3 Å². The first-order valence-corrected chi connectivity index (χ1v) is 12.6. The van der Waals surface area contributed by atoms with Gasteiger partial charge < -0.3 is 9.64 Å². The largest absolute Gasteiger partial charge is 0.493 e. The molecule has 1 fully saturated rings. The summed E-state index contributed by atoms with van der Waals surface area (Å²) in [5, 5.41) is 0. The van der Waals surface area contributed by atoms with Gasteiger partial charge in [0.2, 0.25) is 5.95 Å². The molecule has 0 spiro atoms. The highest BCUT2D eigenvalue weighted by molar-refractivity contribution is 7.90. The molecule has 1 aromatic carbocycles. The zero-order chi connectivity index (χ0) is 22.4. The molecule has 7 nitrogen and oxygen atoms in total. The van der Waals surface area contributed by atoms with E-state index in [2.05, 4.69) is 33.6 Å². The van der Waals surface area contributed by atoms with Gasteiger partial charge in [0.1, 0.15) is 16.5 Å². The van der Waals surface area contributed by atoms with E-state index in [1.54, 1.807) is 0 Å². The lowest BCUT2D eigenvalue weighted by molar-refractivity contribution is 0.165. The standard InChI is InChI=1S/C22H31FN4O3S/c1-4-5-18-15-24-22(25-16-18)27-11-9-26(10-12-27)17(2)8-13-30-19-6-7-21(20(23)14-19)31(3,28)29/h6-7,14-17H,4-5,8-13H2,1-3H3. The molecule has 1 aliphatic heterocycles. The van der Waals surface area contributed by atoms with Gasteiger partial charge in [0.05, 0.1) is 6.61 Å². The molecule has 1 atom stereocenters. The Bertz CT molecular complexity index is 961. The van der Waals surface area contributed by atoms with E-state index in [-0.39, 0.29) is 4.90 Å². The summed E-state index contributed by atoms with van der Waals surface area (Å²) in [6.07, 6.45) is 7.71. The number of rotatable bonds is 9. The molecule has 170 valence electrons. The van der Waals surface area contributed by atoms with Crippen molar-refractivity contribution in [1.82, 2.24) is 14.9 Å². The molecular formula is C22H31FN4O3S. The van der Waals surface area contributed by atoms with E-state index in [0.29, 0.717) is 18.4 Å². The number of halogens is 1. The Kier molecular flexibility index (Phi) is 7.83. The van der Waals surface area contributed by atoms with Gasteiger partial charge in [-0.2, -0.15) is 0 Å². The van der Waals surface area contributed by atoms with E-state index < -0.39 is 15.7 Å². The van der Waals surface area contributed by atoms with Crippen LogP contribution in [-0.2, 0) is 16.3 Å². The highest BCUT2D eigenvalue weighted by Crippen LogP contribution is 2.21. The Morgan fingerprint density at radius 1 is 1.16 bits per heavy atom. The number of piperazine rings is 1. The zero-order valence-corrected chi connectivity index (χ0v) is 19.2. The maximum absolute atomic E-state index is 14.0. The highest BCUT2D eigenvalue weighted by Gasteiger charge is 2.22. The van der Waals surface area contributed by atoms with Crippen LogP contribution in [0.15, 0.2) is 35.5 Å². The van der Waals surface area contributed by atoms with Crippen LogP contribution < -0.4 is 9.64 Å². The second-order valence-corrected chi connectivity index (χ2v) is 10.00. The van der Waals surface area contributed by atoms with Crippen molar-refractivity contribution in [3.63, 3.8) is 0 Å². The van der Waals surface area contributed by atoms with Gasteiger partial charge in [0.15, 0.2) is 9.84 Å². The summed E-state index contributed by atoms with van der Waals surface area (Å²) in [5.74, 6) is 0.342. The quantitative estimate of drug-likeness (QED) is 0.581. The van der Waals surface area contributed by atoms with Crippen LogP contribution in [0.1, 0.15) is 32.3 Å². The van der Waals surface area contributed by atoms with Gasteiger partial charge in [-0.1, -0.05) is 13.3 Å². The number of benzene rings is 1. The molecule has 3 rings (SSSR count). The van der Waals surface area contributed by atoms with Gasteiger partial charge in [0, 0.05) is 56.9 Å². The molecule has 0 amide bonds. The molecule has 2 heterocycles. The van der Waals surface area contributed by atoms with Crippen LogP contribution in [0.25, 0.3) is 0 Å². The van der Waals surface area contributed by atoms with Crippen molar-refractivity contribution < 1.29 is 17.5 Å². The second-order valence-electron chi connectivity index (χ2n) is 8.01. The number of aromatic nitrogens is 2. The van der Waals surface area contributed by atoms with E-state index in [9.17, 15) is 12.8 Å². The Morgan fingerprint density at radius 2 is 1.84 bits per heavy atom. The lowest BCUT2D eigenvalue weighted by Crippen LogP contribution is -2.50. The molecule has 0 aliphatic carbocycles. The average Bonchev–Trinajstić information content (AvgIpc) is 2.74. The van der Waals surface area contributed by atoms with E-state index in [1.165, 1.54) is 17.7 Å². The molecule has 1 aliphatic rings. The number of hydrogen-bond donors (Lipinski definition) is 0. The summed E-state index contributed by atoms with van der Waals surface area (Å²) in [6, 6.07) is 4.19. The molecule has 1 unspecified atom stereocenters. The van der Waals surface area contributed by atoms with E-state index in [0.717, 1.165) is 63.7 Å². The normalized spacial score (nSPS) is 16.3. The van der Waals surface area contributed by atoms with Gasteiger partial charge in [0.25, 0.3) is 0 Å². The smallest absolute Gasteiger partial charge is 0.225 e. The predicted octanol–water partition coefficient (Wildman–Crippen LogP) is 2.95. The van der Waals surface area contributed by atoms with Crippen LogP contribution in [0, 0.1) is 5.82 Å². The summed E-state index contributed by atoms with van der Waals surface area (Å²) in [5.41, 5.74) is 1.17. The van der Waals surface area contributed by atoms with Crippen molar-refractivity contribution in [2.75, 3.05) is 43.9 Å². The molecule has 0 radical (unpaired) electrons. The third kappa shape index (κ3) is 6.36. The lowest BCUT2D eigenvalue weighted by atomic mass is 10.2. The van der Waals surface area contributed by atoms with Crippen molar-refractivity contribution in [3.8, 4) is 5.75 Å². The van der Waals surface area contributed by atoms with Crippen LogP contribution >= 0.6 is 0 Å². The van der Waals surface area contributed by atoms with E-state index in [1.807, 2.05) is 12.4 Å². The minimum absolute atomic E-state index is 0.310. The fourth-order valence-corrected chi connectivity index (χ4v) is 4.42. The van der Waals surface area contributed by atoms with Crippen LogP contribution in [0.3, 0.4) is 0 Å².